The molecule has 28 heavy (non-hydrogen) atoms. The molecule has 0 bridgehead atoms. The standard InChI is InChI=1S/C19H27N3O6/c1-19(2,3)28-18(26)20-11-10-16(24)27-12-15(23)21-14-8-6-13(7-9-14)17(25)22(4)5/h6-9H,10-12H2,1-5H3,(H,20,26)(H,21,23). The quantitative estimate of drug-likeness (QED) is 0.683. The third-order valence-corrected chi connectivity index (χ3v) is 3.18. The predicted octanol–water partition coefficient (Wildman–Crippen LogP) is 1.78. The molecule has 0 saturated carbocycles. The van der Waals surface area contributed by atoms with Gasteiger partial charge >= 0.3 is 12.1 Å². The van der Waals surface area contributed by atoms with Gasteiger partial charge in [0.2, 0.25) is 0 Å². The van der Waals surface area contributed by atoms with Gasteiger partial charge in [0.05, 0.1) is 6.42 Å². The molecule has 3 amide bonds. The van der Waals surface area contributed by atoms with E-state index in [1.807, 2.05) is 0 Å². The fourth-order valence-corrected chi connectivity index (χ4v) is 1.95. The highest BCUT2D eigenvalue weighted by Gasteiger charge is 2.16. The number of rotatable bonds is 7. The Hall–Kier alpha value is -3.10. The number of anilines is 1. The summed E-state index contributed by atoms with van der Waals surface area (Å²) < 4.78 is 9.88. The zero-order chi connectivity index (χ0) is 21.3. The first kappa shape index (κ1) is 22.9. The van der Waals surface area contributed by atoms with Crippen LogP contribution in [0.15, 0.2) is 24.3 Å². The van der Waals surface area contributed by atoms with E-state index < -0.39 is 30.2 Å². The highest BCUT2D eigenvalue weighted by atomic mass is 16.6. The lowest BCUT2D eigenvalue weighted by Gasteiger charge is -2.19. The van der Waals surface area contributed by atoms with Crippen molar-refractivity contribution in [3.05, 3.63) is 29.8 Å². The molecular weight excluding hydrogens is 366 g/mol. The summed E-state index contributed by atoms with van der Waals surface area (Å²) in [6.07, 6.45) is -0.720. The number of benzene rings is 1. The van der Waals surface area contributed by atoms with Crippen LogP contribution >= 0.6 is 0 Å². The van der Waals surface area contributed by atoms with Crippen molar-refractivity contribution in [1.29, 1.82) is 0 Å². The van der Waals surface area contributed by atoms with Crippen LogP contribution in [0.1, 0.15) is 37.6 Å². The number of carbonyl (C=O) groups excluding carboxylic acids is 4. The van der Waals surface area contributed by atoms with Gasteiger partial charge in [0.1, 0.15) is 5.60 Å². The fourth-order valence-electron chi connectivity index (χ4n) is 1.95. The van der Waals surface area contributed by atoms with E-state index in [9.17, 15) is 19.2 Å². The Morgan fingerprint density at radius 2 is 1.64 bits per heavy atom. The molecule has 0 fully saturated rings. The third kappa shape index (κ3) is 9.02. The molecule has 0 aliphatic rings. The van der Waals surface area contributed by atoms with Crippen molar-refractivity contribution in [2.45, 2.75) is 32.8 Å². The van der Waals surface area contributed by atoms with Gasteiger partial charge in [-0.05, 0) is 45.0 Å². The van der Waals surface area contributed by atoms with Gasteiger partial charge in [0.15, 0.2) is 6.61 Å². The molecule has 1 aromatic carbocycles. The average molecular weight is 393 g/mol. The molecule has 0 unspecified atom stereocenters. The number of nitrogens with one attached hydrogen (secondary N) is 2. The van der Waals surface area contributed by atoms with Crippen LogP contribution in [-0.2, 0) is 19.1 Å². The number of ether oxygens (including phenoxy) is 2. The van der Waals surface area contributed by atoms with Gasteiger partial charge in [-0.1, -0.05) is 0 Å². The first-order valence-electron chi connectivity index (χ1n) is 8.72. The summed E-state index contributed by atoms with van der Waals surface area (Å²) in [5.74, 6) is -1.29. The zero-order valence-electron chi connectivity index (χ0n) is 16.8. The van der Waals surface area contributed by atoms with E-state index in [4.69, 9.17) is 9.47 Å². The molecule has 0 radical (unpaired) electrons. The van der Waals surface area contributed by atoms with Gasteiger partial charge in [-0.3, -0.25) is 14.4 Å². The van der Waals surface area contributed by atoms with Gasteiger partial charge < -0.3 is 25.0 Å². The zero-order valence-corrected chi connectivity index (χ0v) is 16.8. The minimum atomic E-state index is -0.630. The molecule has 0 atom stereocenters. The number of alkyl carbamates (subject to hydrolysis) is 1. The summed E-state index contributed by atoms with van der Waals surface area (Å²) >= 11 is 0. The Kier molecular flexibility index (Phi) is 8.43. The second-order valence-electron chi connectivity index (χ2n) is 7.16. The number of nitrogens with zero attached hydrogens (tertiary/aromatic N) is 1. The number of esters is 1. The SMILES string of the molecule is CN(C)C(=O)c1ccc(NC(=O)COC(=O)CCNC(=O)OC(C)(C)C)cc1. The van der Waals surface area contributed by atoms with Gasteiger partial charge in [-0.15, -0.1) is 0 Å². The maximum absolute atomic E-state index is 11.8. The number of hydrogen-bond donors (Lipinski definition) is 2. The van der Waals surface area contributed by atoms with E-state index in [-0.39, 0.29) is 18.9 Å². The van der Waals surface area contributed by atoms with Crippen molar-refractivity contribution in [2.24, 2.45) is 0 Å². The molecule has 0 heterocycles. The van der Waals surface area contributed by atoms with E-state index in [2.05, 4.69) is 10.6 Å². The van der Waals surface area contributed by atoms with Crippen LogP contribution in [0, 0.1) is 0 Å². The van der Waals surface area contributed by atoms with Crippen molar-refractivity contribution in [2.75, 3.05) is 32.6 Å². The van der Waals surface area contributed by atoms with Crippen molar-refractivity contribution in [1.82, 2.24) is 10.2 Å². The van der Waals surface area contributed by atoms with E-state index in [1.165, 1.54) is 4.90 Å². The highest BCUT2D eigenvalue weighted by Crippen LogP contribution is 2.11. The third-order valence-electron chi connectivity index (χ3n) is 3.18. The minimum absolute atomic E-state index is 0.0384. The van der Waals surface area contributed by atoms with Crippen LogP contribution in [0.4, 0.5) is 10.5 Å². The van der Waals surface area contributed by atoms with Gasteiger partial charge in [-0.25, -0.2) is 4.79 Å². The van der Waals surface area contributed by atoms with Crippen LogP contribution in [0.3, 0.4) is 0 Å². The van der Waals surface area contributed by atoms with Gasteiger partial charge in [0, 0.05) is 31.9 Å². The summed E-state index contributed by atoms with van der Waals surface area (Å²) in [7, 11) is 3.30. The van der Waals surface area contributed by atoms with Crippen LogP contribution < -0.4 is 10.6 Å². The second kappa shape index (κ2) is 10.3. The molecule has 0 aliphatic heterocycles. The summed E-state index contributed by atoms with van der Waals surface area (Å²) in [6, 6.07) is 6.35. The van der Waals surface area contributed by atoms with Gasteiger partial charge in [0.25, 0.3) is 11.8 Å². The van der Waals surface area contributed by atoms with E-state index in [0.29, 0.717) is 11.3 Å². The summed E-state index contributed by atoms with van der Waals surface area (Å²) in [6.45, 7) is 4.77. The highest BCUT2D eigenvalue weighted by molar-refractivity contribution is 5.96. The molecule has 154 valence electrons. The summed E-state index contributed by atoms with van der Waals surface area (Å²) in [5.41, 5.74) is 0.343. The monoisotopic (exact) mass is 393 g/mol. The largest absolute Gasteiger partial charge is 0.456 e. The molecule has 0 spiro atoms. The molecule has 9 heteroatoms. The van der Waals surface area contributed by atoms with Gasteiger partial charge in [-0.2, -0.15) is 0 Å². The first-order chi connectivity index (χ1) is 13.0. The van der Waals surface area contributed by atoms with Crippen LogP contribution in [-0.4, -0.2) is 61.6 Å². The van der Waals surface area contributed by atoms with Crippen LogP contribution in [0.2, 0.25) is 0 Å². The first-order valence-corrected chi connectivity index (χ1v) is 8.72. The number of carbonyl (C=O) groups is 4. The van der Waals surface area contributed by atoms with Crippen molar-refractivity contribution < 1.29 is 28.7 Å². The number of hydrogen-bond acceptors (Lipinski definition) is 6. The van der Waals surface area contributed by atoms with Crippen molar-refractivity contribution in [3.8, 4) is 0 Å². The van der Waals surface area contributed by atoms with E-state index >= 15 is 0 Å². The molecular formula is C19H27N3O6. The molecule has 0 aliphatic carbocycles. The Balaban J connectivity index is 2.31. The second-order valence-corrected chi connectivity index (χ2v) is 7.16. The summed E-state index contributed by atoms with van der Waals surface area (Å²) in [5, 5.41) is 4.99. The Bertz CT molecular complexity index is 707. The Morgan fingerprint density at radius 3 is 2.18 bits per heavy atom. The van der Waals surface area contributed by atoms with Crippen molar-refractivity contribution >= 4 is 29.6 Å². The smallest absolute Gasteiger partial charge is 0.407 e. The maximum atomic E-state index is 11.8. The van der Waals surface area contributed by atoms with Crippen molar-refractivity contribution in [3.63, 3.8) is 0 Å². The lowest BCUT2D eigenvalue weighted by Crippen LogP contribution is -2.34. The molecule has 0 aromatic heterocycles. The van der Waals surface area contributed by atoms with E-state index in [0.717, 1.165) is 0 Å². The lowest BCUT2D eigenvalue weighted by atomic mass is 10.2. The predicted molar refractivity (Wildman–Crippen MR) is 103 cm³/mol. The Morgan fingerprint density at radius 1 is 1.04 bits per heavy atom. The topological polar surface area (TPSA) is 114 Å². The van der Waals surface area contributed by atoms with Crippen LogP contribution in [0.5, 0.6) is 0 Å². The minimum Gasteiger partial charge on any atom is -0.456 e. The molecule has 1 aromatic rings. The summed E-state index contributed by atoms with van der Waals surface area (Å²) in [4.78, 5) is 48.1. The molecule has 2 N–H and O–H groups in total. The molecule has 9 nitrogen and oxygen atoms in total. The molecule has 1 rings (SSSR count). The average Bonchev–Trinajstić information content (AvgIpc) is 2.58. The van der Waals surface area contributed by atoms with E-state index in [1.54, 1.807) is 59.1 Å². The fraction of sp³-hybridized carbons (Fsp3) is 0.474. The lowest BCUT2D eigenvalue weighted by molar-refractivity contribution is -0.147. The molecule has 0 saturated heterocycles. The maximum Gasteiger partial charge on any atom is 0.407 e. The normalized spacial score (nSPS) is 10.6. The Labute approximate surface area is 164 Å². The van der Waals surface area contributed by atoms with Crippen LogP contribution in [0.25, 0.3) is 0 Å². The number of amides is 3.